The van der Waals surface area contributed by atoms with Crippen LogP contribution in [-0.2, 0) is 9.53 Å². The van der Waals surface area contributed by atoms with Crippen molar-refractivity contribution in [1.29, 1.82) is 0 Å². The van der Waals surface area contributed by atoms with Crippen molar-refractivity contribution in [1.82, 2.24) is 5.32 Å². The highest BCUT2D eigenvalue weighted by Crippen LogP contribution is 2.68. The summed E-state index contributed by atoms with van der Waals surface area (Å²) in [6.07, 6.45) is 37.2. The number of methoxy groups -OCH3 is 1. The molecule has 1 amide bonds. The van der Waals surface area contributed by atoms with Crippen LogP contribution < -0.4 is 5.32 Å². The highest BCUT2D eigenvalue weighted by molar-refractivity contribution is 5.75. The molecule has 0 radical (unpaired) electrons. The third kappa shape index (κ3) is 10.2. The molecule has 0 saturated heterocycles. The predicted octanol–water partition coefficient (Wildman–Crippen LogP) is 12.5. The Morgan fingerprint density at radius 3 is 1.89 bits per heavy atom. The first kappa shape index (κ1) is 38.2. The molecule has 1 N–H and O–H groups in total. The molecule has 0 bridgehead atoms. The summed E-state index contributed by atoms with van der Waals surface area (Å²) < 4.78 is 5.83. The molecular formula is C43H79NO2. The van der Waals surface area contributed by atoms with Crippen molar-refractivity contribution in [3.8, 4) is 0 Å². The Morgan fingerprint density at radius 2 is 1.28 bits per heavy atom. The Morgan fingerprint density at radius 1 is 0.717 bits per heavy atom. The van der Waals surface area contributed by atoms with Gasteiger partial charge in [-0.25, -0.2) is 0 Å². The van der Waals surface area contributed by atoms with E-state index in [4.69, 9.17) is 4.74 Å². The maximum absolute atomic E-state index is 12.8. The monoisotopic (exact) mass is 642 g/mol. The van der Waals surface area contributed by atoms with Gasteiger partial charge in [0.2, 0.25) is 5.91 Å². The second-order valence-electron chi connectivity index (χ2n) is 17.7. The second-order valence-corrected chi connectivity index (χ2v) is 17.7. The van der Waals surface area contributed by atoms with Gasteiger partial charge in [0.15, 0.2) is 0 Å². The first-order valence-corrected chi connectivity index (χ1v) is 21.1. The van der Waals surface area contributed by atoms with E-state index in [1.165, 1.54) is 154 Å². The Bertz CT molecular complexity index is 858. The van der Waals surface area contributed by atoms with Gasteiger partial charge in [-0.1, -0.05) is 124 Å². The molecule has 9 atom stereocenters. The lowest BCUT2D eigenvalue weighted by atomic mass is 9.44. The van der Waals surface area contributed by atoms with Gasteiger partial charge in [-0.15, -0.1) is 0 Å². The van der Waals surface area contributed by atoms with E-state index in [1.54, 1.807) is 0 Å². The second kappa shape index (κ2) is 19.6. The number of nitrogens with one attached hydrogen (secondary N) is 1. The normalized spacial score (nSPS) is 34.5. The minimum atomic E-state index is 0.300. The van der Waals surface area contributed by atoms with Crippen LogP contribution in [0.25, 0.3) is 0 Å². The molecule has 0 aromatic heterocycles. The summed E-state index contributed by atoms with van der Waals surface area (Å²) in [5.41, 5.74) is 1.05. The fraction of sp³-hybridized carbons (Fsp3) is 0.977. The number of hydrogen-bond donors (Lipinski definition) is 1. The number of fused-ring (bicyclic) bond motifs is 5. The summed E-state index contributed by atoms with van der Waals surface area (Å²) in [6.45, 7) is 11.0. The molecule has 0 spiro atoms. The van der Waals surface area contributed by atoms with Crippen LogP contribution in [0.4, 0.5) is 0 Å². The van der Waals surface area contributed by atoms with Crippen LogP contribution in [0.1, 0.15) is 201 Å². The van der Waals surface area contributed by atoms with E-state index in [0.717, 1.165) is 55.4 Å². The van der Waals surface area contributed by atoms with E-state index < -0.39 is 0 Å². The molecule has 268 valence electrons. The van der Waals surface area contributed by atoms with E-state index >= 15 is 0 Å². The van der Waals surface area contributed by atoms with Crippen LogP contribution >= 0.6 is 0 Å². The van der Waals surface area contributed by atoms with Crippen molar-refractivity contribution >= 4 is 5.91 Å². The fourth-order valence-electron chi connectivity index (χ4n) is 12.0. The highest BCUT2D eigenvalue weighted by Gasteiger charge is 2.60. The molecule has 3 nitrogen and oxygen atoms in total. The minimum Gasteiger partial charge on any atom is -0.381 e. The molecule has 0 heterocycles. The van der Waals surface area contributed by atoms with Gasteiger partial charge in [0.05, 0.1) is 6.10 Å². The Balaban J connectivity index is 1.02. The van der Waals surface area contributed by atoms with E-state index in [1.807, 2.05) is 7.11 Å². The average molecular weight is 642 g/mol. The molecule has 0 aromatic carbocycles. The largest absolute Gasteiger partial charge is 0.381 e. The molecule has 0 aliphatic heterocycles. The molecule has 4 rings (SSSR count). The van der Waals surface area contributed by atoms with Crippen LogP contribution in [0.5, 0.6) is 0 Å². The summed E-state index contributed by atoms with van der Waals surface area (Å²) in [6, 6.07) is 0. The number of hydrogen-bond acceptors (Lipinski definition) is 2. The van der Waals surface area contributed by atoms with Crippen molar-refractivity contribution in [2.45, 2.75) is 207 Å². The molecule has 4 aliphatic carbocycles. The number of amides is 1. The van der Waals surface area contributed by atoms with Gasteiger partial charge >= 0.3 is 0 Å². The van der Waals surface area contributed by atoms with Gasteiger partial charge in [-0.2, -0.15) is 0 Å². The Labute approximate surface area is 287 Å². The van der Waals surface area contributed by atoms with Crippen molar-refractivity contribution in [3.05, 3.63) is 0 Å². The summed E-state index contributed by atoms with van der Waals surface area (Å²) in [5.74, 6) is 5.45. The number of unbranched alkanes of at least 4 members (excludes halogenated alkanes) is 15. The average Bonchev–Trinajstić information content (AvgIpc) is 3.42. The number of ether oxygens (including phenoxy) is 1. The molecule has 4 fully saturated rings. The minimum absolute atomic E-state index is 0.300. The Hall–Kier alpha value is -0.570. The Kier molecular flexibility index (Phi) is 16.3. The molecular weight excluding hydrogens is 562 g/mol. The molecule has 4 aliphatic rings. The maximum Gasteiger partial charge on any atom is 0.220 e. The zero-order valence-electron chi connectivity index (χ0n) is 31.7. The molecule has 5 unspecified atom stereocenters. The van der Waals surface area contributed by atoms with E-state index in [0.29, 0.717) is 28.8 Å². The van der Waals surface area contributed by atoms with Crippen molar-refractivity contribution < 1.29 is 9.53 Å². The van der Waals surface area contributed by atoms with Crippen LogP contribution in [-0.4, -0.2) is 25.7 Å². The van der Waals surface area contributed by atoms with Gasteiger partial charge in [0, 0.05) is 20.1 Å². The van der Waals surface area contributed by atoms with E-state index in [9.17, 15) is 4.79 Å². The highest BCUT2D eigenvalue weighted by atomic mass is 16.5. The van der Waals surface area contributed by atoms with Crippen LogP contribution in [0.3, 0.4) is 0 Å². The topological polar surface area (TPSA) is 38.3 Å². The van der Waals surface area contributed by atoms with Gasteiger partial charge in [0.25, 0.3) is 0 Å². The summed E-state index contributed by atoms with van der Waals surface area (Å²) >= 11 is 0. The predicted molar refractivity (Wildman–Crippen MR) is 197 cm³/mol. The number of rotatable bonds is 22. The SMILES string of the molecule is CCCCCCCCCCCCCCCCCCNC(=O)CCC(C)[C@H]1CCC2C3CCC4C[C@H](OC)CC[C@]4(C)C3CC[C@@]21C. The molecule has 0 aromatic rings. The van der Waals surface area contributed by atoms with Crippen molar-refractivity contribution in [3.63, 3.8) is 0 Å². The van der Waals surface area contributed by atoms with Gasteiger partial charge in [-0.05, 0) is 117 Å². The summed E-state index contributed by atoms with van der Waals surface area (Å²) in [5, 5.41) is 3.27. The first-order valence-electron chi connectivity index (χ1n) is 21.1. The quantitative estimate of drug-likeness (QED) is 0.119. The van der Waals surface area contributed by atoms with Crippen LogP contribution in [0, 0.1) is 46.3 Å². The fourth-order valence-corrected chi connectivity index (χ4v) is 12.0. The standard InChI is InChI=1S/C43H79NO2/c1-6-7-8-9-10-11-12-13-14-15-16-17-18-19-20-21-32-44-41(45)27-22-34(2)38-25-26-39-37-24-23-35-33-36(46-5)28-30-42(35,3)40(37)29-31-43(38,39)4/h34-40H,6-33H2,1-5H3,(H,44,45)/t34?,35?,36-,37?,38-,39?,40?,42+,43-/m1/s1. The zero-order chi connectivity index (χ0) is 32.8. The van der Waals surface area contributed by atoms with Crippen molar-refractivity contribution in [2.75, 3.05) is 13.7 Å². The van der Waals surface area contributed by atoms with E-state index in [2.05, 4.69) is 33.0 Å². The van der Waals surface area contributed by atoms with Gasteiger partial charge in [-0.3, -0.25) is 4.79 Å². The lowest BCUT2D eigenvalue weighted by Crippen LogP contribution is -2.54. The molecule has 46 heavy (non-hydrogen) atoms. The summed E-state index contributed by atoms with van der Waals surface area (Å²) in [4.78, 5) is 12.8. The lowest BCUT2D eigenvalue weighted by Gasteiger charge is -2.61. The van der Waals surface area contributed by atoms with Gasteiger partial charge < -0.3 is 10.1 Å². The maximum atomic E-state index is 12.8. The van der Waals surface area contributed by atoms with Crippen LogP contribution in [0.15, 0.2) is 0 Å². The van der Waals surface area contributed by atoms with Gasteiger partial charge in [0.1, 0.15) is 0 Å². The first-order chi connectivity index (χ1) is 22.3. The molecule has 3 heteroatoms. The zero-order valence-corrected chi connectivity index (χ0v) is 31.7. The van der Waals surface area contributed by atoms with Crippen LogP contribution in [0.2, 0.25) is 0 Å². The molecule has 4 saturated carbocycles. The van der Waals surface area contributed by atoms with Crippen molar-refractivity contribution in [2.24, 2.45) is 46.3 Å². The lowest BCUT2D eigenvalue weighted by molar-refractivity contribution is -0.133. The summed E-state index contributed by atoms with van der Waals surface area (Å²) in [7, 11) is 1.93. The number of carbonyl (C=O) groups excluding carboxylic acids is 1. The third-order valence-corrected chi connectivity index (χ3v) is 14.9. The third-order valence-electron chi connectivity index (χ3n) is 14.9. The van der Waals surface area contributed by atoms with E-state index in [-0.39, 0.29) is 0 Å². The smallest absolute Gasteiger partial charge is 0.220 e. The number of carbonyl (C=O) groups is 1.